The predicted molar refractivity (Wildman–Crippen MR) is 133 cm³/mol. The maximum Gasteiger partial charge on any atom is 0.252 e. The molecule has 5 nitrogen and oxygen atoms in total. The Labute approximate surface area is 199 Å². The highest BCUT2D eigenvalue weighted by Gasteiger charge is 2.19. The lowest BCUT2D eigenvalue weighted by Gasteiger charge is -2.20. The van der Waals surface area contributed by atoms with Crippen LogP contribution in [0.1, 0.15) is 33.1 Å². The van der Waals surface area contributed by atoms with Crippen LogP contribution in [0.4, 0.5) is 0 Å². The van der Waals surface area contributed by atoms with Gasteiger partial charge in [-0.05, 0) is 41.5 Å². The van der Waals surface area contributed by atoms with Crippen LogP contribution in [0.2, 0.25) is 0 Å². The largest absolute Gasteiger partial charge is 0.497 e. The van der Waals surface area contributed by atoms with Gasteiger partial charge >= 0.3 is 0 Å². The van der Waals surface area contributed by atoms with Crippen LogP contribution in [-0.4, -0.2) is 20.1 Å². The maximum absolute atomic E-state index is 13.3. The van der Waals surface area contributed by atoms with E-state index in [9.17, 15) is 4.79 Å². The van der Waals surface area contributed by atoms with Crippen LogP contribution in [0.15, 0.2) is 103 Å². The van der Waals surface area contributed by atoms with Gasteiger partial charge in [-0.3, -0.25) is 4.79 Å². The molecule has 34 heavy (non-hydrogen) atoms. The van der Waals surface area contributed by atoms with Gasteiger partial charge in [0.2, 0.25) is 0 Å². The standard InChI is InChI=1S/C29H27NO4/c1-32-25-14-9-15-26(19-25)34-20-24-18-23(16-17-27(24)33-2)29(31)30-28(21-10-5-3-6-11-21)22-12-7-4-8-13-22/h3-19,28H,20H2,1-2H3,(H,30,31). The Morgan fingerprint density at radius 1 is 0.735 bits per heavy atom. The van der Waals surface area contributed by atoms with E-state index in [0.717, 1.165) is 16.7 Å². The van der Waals surface area contributed by atoms with E-state index < -0.39 is 0 Å². The first kappa shape index (κ1) is 22.9. The van der Waals surface area contributed by atoms with Crippen molar-refractivity contribution in [1.82, 2.24) is 5.32 Å². The average molecular weight is 454 g/mol. The summed E-state index contributed by atoms with van der Waals surface area (Å²) in [4.78, 5) is 13.3. The molecule has 1 N–H and O–H groups in total. The van der Waals surface area contributed by atoms with E-state index >= 15 is 0 Å². The fourth-order valence-corrected chi connectivity index (χ4v) is 3.75. The Bertz CT molecular complexity index is 1190. The van der Waals surface area contributed by atoms with Gasteiger partial charge in [0, 0.05) is 17.2 Å². The molecule has 1 amide bonds. The van der Waals surface area contributed by atoms with Gasteiger partial charge in [-0.25, -0.2) is 0 Å². The zero-order chi connectivity index (χ0) is 23.8. The van der Waals surface area contributed by atoms with E-state index in [2.05, 4.69) is 5.32 Å². The second-order valence-corrected chi connectivity index (χ2v) is 7.72. The van der Waals surface area contributed by atoms with Crippen molar-refractivity contribution >= 4 is 5.91 Å². The number of hydrogen-bond donors (Lipinski definition) is 1. The molecule has 0 fully saturated rings. The molecule has 4 aromatic rings. The fourth-order valence-electron chi connectivity index (χ4n) is 3.75. The molecule has 0 aliphatic carbocycles. The van der Waals surface area contributed by atoms with Crippen LogP contribution < -0.4 is 19.5 Å². The summed E-state index contributed by atoms with van der Waals surface area (Å²) in [5.74, 6) is 1.86. The third-order valence-electron chi connectivity index (χ3n) is 5.52. The first-order valence-corrected chi connectivity index (χ1v) is 11.0. The third kappa shape index (κ3) is 5.56. The van der Waals surface area contributed by atoms with Crippen LogP contribution in [0.3, 0.4) is 0 Å². The van der Waals surface area contributed by atoms with Crippen LogP contribution in [0.5, 0.6) is 17.2 Å². The van der Waals surface area contributed by atoms with Gasteiger partial charge in [-0.2, -0.15) is 0 Å². The summed E-state index contributed by atoms with van der Waals surface area (Å²) in [5.41, 5.74) is 3.32. The molecule has 172 valence electrons. The molecule has 0 heterocycles. The molecule has 0 aliphatic heterocycles. The molecular weight excluding hydrogens is 426 g/mol. The minimum absolute atomic E-state index is 0.178. The first-order chi connectivity index (χ1) is 16.7. The van der Waals surface area contributed by atoms with Gasteiger partial charge in [-0.1, -0.05) is 66.7 Å². The van der Waals surface area contributed by atoms with Gasteiger partial charge in [0.15, 0.2) is 0 Å². The highest BCUT2D eigenvalue weighted by molar-refractivity contribution is 5.95. The van der Waals surface area contributed by atoms with Crippen molar-refractivity contribution in [2.45, 2.75) is 12.6 Å². The number of hydrogen-bond acceptors (Lipinski definition) is 4. The maximum atomic E-state index is 13.3. The average Bonchev–Trinajstić information content (AvgIpc) is 2.91. The quantitative estimate of drug-likeness (QED) is 0.348. The van der Waals surface area contributed by atoms with Crippen molar-refractivity contribution in [3.8, 4) is 17.2 Å². The molecule has 0 radical (unpaired) electrons. The molecule has 0 aliphatic rings. The lowest BCUT2D eigenvalue weighted by atomic mass is 9.98. The first-order valence-electron chi connectivity index (χ1n) is 11.0. The minimum atomic E-state index is -0.270. The molecule has 0 spiro atoms. The van der Waals surface area contributed by atoms with Crippen molar-refractivity contribution in [2.75, 3.05) is 14.2 Å². The van der Waals surface area contributed by atoms with Crippen molar-refractivity contribution < 1.29 is 19.0 Å². The zero-order valence-electron chi connectivity index (χ0n) is 19.2. The molecular formula is C29H27NO4. The van der Waals surface area contributed by atoms with Crippen LogP contribution in [0.25, 0.3) is 0 Å². The third-order valence-corrected chi connectivity index (χ3v) is 5.52. The van der Waals surface area contributed by atoms with Crippen molar-refractivity contribution in [1.29, 1.82) is 0 Å². The topological polar surface area (TPSA) is 56.8 Å². The zero-order valence-corrected chi connectivity index (χ0v) is 19.2. The summed E-state index contributed by atoms with van der Waals surface area (Å²) in [6.45, 7) is 0.248. The van der Waals surface area contributed by atoms with Crippen molar-refractivity contribution in [3.05, 3.63) is 125 Å². The molecule has 0 saturated carbocycles. The summed E-state index contributed by atoms with van der Waals surface area (Å²) < 4.78 is 16.7. The van der Waals surface area contributed by atoms with E-state index in [1.807, 2.05) is 84.9 Å². The normalized spacial score (nSPS) is 10.6. The van der Waals surface area contributed by atoms with Gasteiger partial charge in [0.05, 0.1) is 20.3 Å². The van der Waals surface area contributed by atoms with E-state index in [1.54, 1.807) is 32.4 Å². The lowest BCUT2D eigenvalue weighted by Crippen LogP contribution is -2.29. The van der Waals surface area contributed by atoms with Gasteiger partial charge in [0.25, 0.3) is 5.91 Å². The van der Waals surface area contributed by atoms with Crippen molar-refractivity contribution in [2.24, 2.45) is 0 Å². The summed E-state index contributed by atoms with van der Waals surface area (Å²) in [5, 5.41) is 3.18. The highest BCUT2D eigenvalue weighted by atomic mass is 16.5. The Morgan fingerprint density at radius 3 is 2.00 bits per heavy atom. The highest BCUT2D eigenvalue weighted by Crippen LogP contribution is 2.26. The van der Waals surface area contributed by atoms with Crippen LogP contribution in [0, 0.1) is 0 Å². The molecule has 4 aromatic carbocycles. The monoisotopic (exact) mass is 453 g/mol. The molecule has 0 bridgehead atoms. The number of ether oxygens (including phenoxy) is 3. The van der Waals surface area contributed by atoms with Crippen LogP contribution in [-0.2, 0) is 6.61 Å². The number of rotatable bonds is 9. The van der Waals surface area contributed by atoms with E-state index in [1.165, 1.54) is 0 Å². The SMILES string of the molecule is COc1cccc(OCc2cc(C(=O)NC(c3ccccc3)c3ccccc3)ccc2OC)c1. The summed E-state index contributed by atoms with van der Waals surface area (Å²) in [6.07, 6.45) is 0. The van der Waals surface area contributed by atoms with E-state index in [0.29, 0.717) is 22.8 Å². The Hall–Kier alpha value is -4.25. The lowest BCUT2D eigenvalue weighted by molar-refractivity contribution is 0.0942. The van der Waals surface area contributed by atoms with E-state index in [-0.39, 0.29) is 18.6 Å². The number of methoxy groups -OCH3 is 2. The van der Waals surface area contributed by atoms with Gasteiger partial charge in [0.1, 0.15) is 23.9 Å². The summed E-state index contributed by atoms with van der Waals surface area (Å²) in [7, 11) is 3.22. The van der Waals surface area contributed by atoms with Gasteiger partial charge < -0.3 is 19.5 Å². The molecule has 0 saturated heterocycles. The summed E-state index contributed by atoms with van der Waals surface area (Å²) >= 11 is 0. The number of benzene rings is 4. The van der Waals surface area contributed by atoms with E-state index in [4.69, 9.17) is 14.2 Å². The molecule has 0 aromatic heterocycles. The Kier molecular flexibility index (Phi) is 7.45. The number of carbonyl (C=O) groups is 1. The second-order valence-electron chi connectivity index (χ2n) is 7.72. The van der Waals surface area contributed by atoms with Gasteiger partial charge in [-0.15, -0.1) is 0 Å². The summed E-state index contributed by atoms with van der Waals surface area (Å²) in [6, 6.07) is 32.3. The second kappa shape index (κ2) is 11.1. The number of nitrogens with one attached hydrogen (secondary N) is 1. The predicted octanol–water partition coefficient (Wildman–Crippen LogP) is 5.80. The molecule has 5 heteroatoms. The number of carbonyl (C=O) groups excluding carboxylic acids is 1. The fraction of sp³-hybridized carbons (Fsp3) is 0.138. The van der Waals surface area contributed by atoms with Crippen molar-refractivity contribution in [3.63, 3.8) is 0 Å². The van der Waals surface area contributed by atoms with Crippen LogP contribution >= 0.6 is 0 Å². The minimum Gasteiger partial charge on any atom is -0.497 e. The molecule has 0 atom stereocenters. The Morgan fingerprint density at radius 2 is 1.38 bits per heavy atom. The smallest absolute Gasteiger partial charge is 0.252 e. The molecule has 4 rings (SSSR count). The Balaban J connectivity index is 1.56. The molecule has 0 unspecified atom stereocenters. The number of amides is 1.